The smallest absolute Gasteiger partial charge is 0.310 e. The van der Waals surface area contributed by atoms with Gasteiger partial charge in [0.1, 0.15) is 24.4 Å². The first-order chi connectivity index (χ1) is 22.3. The molecule has 5 fully saturated rings. The molecule has 0 spiro atoms. The Morgan fingerprint density at radius 2 is 1.52 bits per heavy atom. The summed E-state index contributed by atoms with van der Waals surface area (Å²) in [5.74, 6) is -2.19. The molecule has 1 aliphatic heterocycles. The molecule has 1 saturated heterocycles. The molecule has 16 atom stereocenters. The van der Waals surface area contributed by atoms with Crippen molar-refractivity contribution in [3.8, 4) is 0 Å². The second-order valence-electron chi connectivity index (χ2n) is 17.6. The molecular weight excluding hydrogens is 624 g/mol. The summed E-state index contributed by atoms with van der Waals surface area (Å²) < 4.78 is 11.9. The molecule has 0 unspecified atom stereocenters. The molecule has 8 N–H and O–H groups in total. The lowest BCUT2D eigenvalue weighted by Crippen LogP contribution is -2.69. The fourth-order valence-electron chi connectivity index (χ4n) is 12.4. The van der Waals surface area contributed by atoms with Gasteiger partial charge >= 0.3 is 11.9 Å². The predicted octanol–water partition coefficient (Wildman–Crippen LogP) is 2.07. The van der Waals surface area contributed by atoms with Gasteiger partial charge in [0.15, 0.2) is 6.29 Å². The van der Waals surface area contributed by atoms with Gasteiger partial charge < -0.3 is 50.3 Å². The Bertz CT molecular complexity index is 1340. The molecule has 0 radical (unpaired) electrons. The number of rotatable bonds is 6. The zero-order valence-electron chi connectivity index (χ0n) is 28.8. The topological polar surface area (TPSA) is 214 Å². The number of hydrogen-bond acceptors (Lipinski definition) is 10. The van der Waals surface area contributed by atoms with Crippen LogP contribution in [0.5, 0.6) is 0 Å². The van der Waals surface area contributed by atoms with Crippen LogP contribution in [-0.2, 0) is 19.1 Å². The highest BCUT2D eigenvalue weighted by Gasteiger charge is 2.71. The maximum Gasteiger partial charge on any atom is 0.310 e. The van der Waals surface area contributed by atoms with Crippen molar-refractivity contribution in [2.75, 3.05) is 13.2 Å². The summed E-state index contributed by atoms with van der Waals surface area (Å²) in [5.41, 5.74) is -3.08. The maximum absolute atomic E-state index is 13.0. The molecule has 0 amide bonds. The van der Waals surface area contributed by atoms with Gasteiger partial charge in [0, 0.05) is 5.41 Å². The van der Waals surface area contributed by atoms with E-state index in [0.717, 1.165) is 12.0 Å². The van der Waals surface area contributed by atoms with Gasteiger partial charge in [-0.05, 0) is 98.7 Å². The Hall–Kier alpha value is -1.64. The highest BCUT2D eigenvalue weighted by Crippen LogP contribution is 2.76. The Labute approximate surface area is 282 Å². The second-order valence-corrected chi connectivity index (χ2v) is 17.6. The summed E-state index contributed by atoms with van der Waals surface area (Å²) in [5, 5.41) is 84.8. The number of aliphatic hydroxyl groups is 6. The fraction of sp³-hybridized carbons (Fsp3) is 0.889. The monoisotopic (exact) mass is 680 g/mol. The van der Waals surface area contributed by atoms with Gasteiger partial charge in [-0.15, -0.1) is 0 Å². The van der Waals surface area contributed by atoms with E-state index in [0.29, 0.717) is 44.9 Å². The molecule has 48 heavy (non-hydrogen) atoms. The second kappa shape index (κ2) is 11.7. The highest BCUT2D eigenvalue weighted by atomic mass is 16.7. The molecule has 0 aromatic carbocycles. The first-order valence-corrected chi connectivity index (χ1v) is 17.7. The van der Waals surface area contributed by atoms with Gasteiger partial charge in [-0.2, -0.15) is 0 Å². The van der Waals surface area contributed by atoms with Crippen molar-refractivity contribution in [2.45, 2.75) is 135 Å². The van der Waals surface area contributed by atoms with Gasteiger partial charge in [0.25, 0.3) is 0 Å². The van der Waals surface area contributed by atoms with Gasteiger partial charge in [0.2, 0.25) is 0 Å². The third-order valence-electron chi connectivity index (χ3n) is 15.5. The summed E-state index contributed by atoms with van der Waals surface area (Å²) in [7, 11) is 0. The molecule has 6 rings (SSSR count). The van der Waals surface area contributed by atoms with Crippen LogP contribution >= 0.6 is 0 Å². The fourth-order valence-corrected chi connectivity index (χ4v) is 12.4. The summed E-state index contributed by atoms with van der Waals surface area (Å²) in [6, 6.07) is 0. The van der Waals surface area contributed by atoms with E-state index in [-0.39, 0.29) is 36.2 Å². The lowest BCUT2D eigenvalue weighted by molar-refractivity contribution is -0.345. The van der Waals surface area contributed by atoms with Gasteiger partial charge in [-0.3, -0.25) is 9.59 Å². The van der Waals surface area contributed by atoms with Crippen molar-refractivity contribution in [3.63, 3.8) is 0 Å². The van der Waals surface area contributed by atoms with Crippen LogP contribution in [0.15, 0.2) is 11.6 Å². The van der Waals surface area contributed by atoms with E-state index in [1.165, 1.54) is 0 Å². The normalized spacial score (nSPS) is 54.9. The van der Waals surface area contributed by atoms with Crippen molar-refractivity contribution >= 4 is 11.9 Å². The number of carbonyl (C=O) groups is 2. The van der Waals surface area contributed by atoms with Gasteiger partial charge in [0.05, 0.1) is 36.3 Å². The van der Waals surface area contributed by atoms with Crippen molar-refractivity contribution < 1.29 is 59.9 Å². The number of aliphatic carboxylic acids is 2. The SMILES string of the molecule is C[C@@]1(C(=O)O)CC[C@]2(C(=O)O)CC[C@]3(C)C(=CC[C@@H]4[C@@]5(C)C[C@H](O)[C@H](O[C@@H]6O[C@H](CO)[C@@H](O)[C@H](O)[C@H]6O)[C@@](C)(CO)[C@@H]5CC[C@]43C)[C@@H]2C1. The van der Waals surface area contributed by atoms with E-state index in [4.69, 9.17) is 9.47 Å². The van der Waals surface area contributed by atoms with E-state index >= 15 is 0 Å². The Kier molecular flexibility index (Phi) is 8.81. The average Bonchev–Trinajstić information content (AvgIpc) is 3.02. The Morgan fingerprint density at radius 3 is 2.12 bits per heavy atom. The number of carboxylic acids is 2. The zero-order valence-corrected chi connectivity index (χ0v) is 28.8. The van der Waals surface area contributed by atoms with Crippen LogP contribution in [0, 0.1) is 50.2 Å². The van der Waals surface area contributed by atoms with E-state index in [9.17, 15) is 50.4 Å². The van der Waals surface area contributed by atoms with Gasteiger partial charge in [-0.25, -0.2) is 0 Å². The quantitative estimate of drug-likeness (QED) is 0.150. The molecule has 6 aliphatic rings. The van der Waals surface area contributed by atoms with Crippen LogP contribution in [0.2, 0.25) is 0 Å². The van der Waals surface area contributed by atoms with Crippen molar-refractivity contribution in [2.24, 2.45) is 50.2 Å². The zero-order chi connectivity index (χ0) is 35.4. The first-order valence-electron chi connectivity index (χ1n) is 17.7. The van der Waals surface area contributed by atoms with Crippen molar-refractivity contribution in [1.29, 1.82) is 0 Å². The van der Waals surface area contributed by atoms with Crippen LogP contribution in [-0.4, -0.2) is 109 Å². The minimum absolute atomic E-state index is 0.0537. The van der Waals surface area contributed by atoms with Crippen LogP contribution in [0.3, 0.4) is 0 Å². The molecule has 5 aliphatic carbocycles. The number of ether oxygens (including phenoxy) is 2. The van der Waals surface area contributed by atoms with E-state index in [2.05, 4.69) is 26.8 Å². The average molecular weight is 681 g/mol. The Morgan fingerprint density at radius 1 is 0.854 bits per heavy atom. The third-order valence-corrected chi connectivity index (χ3v) is 15.5. The maximum atomic E-state index is 13.0. The summed E-state index contributed by atoms with van der Waals surface area (Å²) in [4.78, 5) is 25.4. The summed E-state index contributed by atoms with van der Waals surface area (Å²) in [6.07, 6.45) is -2.81. The largest absolute Gasteiger partial charge is 0.481 e. The Balaban J connectivity index is 1.35. The van der Waals surface area contributed by atoms with E-state index in [1.807, 2.05) is 6.92 Å². The minimum atomic E-state index is -1.64. The number of carboxylic acid groups (broad SMARTS) is 2. The van der Waals surface area contributed by atoms with Gasteiger partial charge in [-0.1, -0.05) is 39.3 Å². The number of aliphatic hydroxyl groups excluding tert-OH is 6. The lowest BCUT2D eigenvalue weighted by Gasteiger charge is -2.71. The number of fused-ring (bicyclic) bond motifs is 7. The summed E-state index contributed by atoms with van der Waals surface area (Å²) in [6.45, 7) is 9.38. The molecule has 12 heteroatoms. The summed E-state index contributed by atoms with van der Waals surface area (Å²) >= 11 is 0. The molecule has 0 aromatic heterocycles. The third kappa shape index (κ3) is 4.69. The molecule has 0 bridgehead atoms. The molecular formula is C36H56O12. The first kappa shape index (κ1) is 36.2. The van der Waals surface area contributed by atoms with Crippen LogP contribution in [0.4, 0.5) is 0 Å². The standard InChI is InChI=1S/C36H56O12/c1-31(29(43)44)10-12-36(30(45)46)13-11-34(4)18(19(36)14-31)6-7-23-32(2)15-20(39)27(33(3,17-38)22(32)8-9-35(23,34)5)48-28-26(42)25(41)24(40)21(16-37)47-28/h6,19-28,37-42H,7-17H2,1-5H3,(H,43,44)(H,45,46)/t19-,20-,21+,22+,23+,24+,25-,26+,27-,28-,31+,32-,33-,34+,35+,36-/m0/s1. The molecule has 4 saturated carbocycles. The molecule has 272 valence electrons. The van der Waals surface area contributed by atoms with E-state index < -0.39 is 88.5 Å². The van der Waals surface area contributed by atoms with Crippen LogP contribution in [0.25, 0.3) is 0 Å². The lowest BCUT2D eigenvalue weighted by atomic mass is 9.33. The molecule has 1 heterocycles. The predicted molar refractivity (Wildman–Crippen MR) is 170 cm³/mol. The van der Waals surface area contributed by atoms with Crippen LogP contribution in [0.1, 0.15) is 92.4 Å². The van der Waals surface area contributed by atoms with E-state index in [1.54, 1.807) is 6.92 Å². The number of allylic oxidation sites excluding steroid dienone is 2. The molecule has 0 aromatic rings. The van der Waals surface area contributed by atoms with Crippen LogP contribution < -0.4 is 0 Å². The molecule has 12 nitrogen and oxygen atoms in total. The highest BCUT2D eigenvalue weighted by molar-refractivity contribution is 5.79. The minimum Gasteiger partial charge on any atom is -0.481 e. The number of hydrogen-bond donors (Lipinski definition) is 8. The van der Waals surface area contributed by atoms with Crippen molar-refractivity contribution in [1.82, 2.24) is 0 Å². The van der Waals surface area contributed by atoms with Crippen molar-refractivity contribution in [3.05, 3.63) is 11.6 Å².